The van der Waals surface area contributed by atoms with Gasteiger partial charge in [-0.3, -0.25) is 9.52 Å². The third-order valence-corrected chi connectivity index (χ3v) is 6.27. The molecule has 2 N–H and O–H groups in total. The van der Waals surface area contributed by atoms with Crippen LogP contribution in [0.3, 0.4) is 0 Å². The molecule has 0 atom stereocenters. The first kappa shape index (κ1) is 18.2. The third kappa shape index (κ3) is 4.95. The van der Waals surface area contributed by atoms with Crippen LogP contribution in [0.15, 0.2) is 24.3 Å². The highest BCUT2D eigenvalue weighted by Gasteiger charge is 2.27. The summed E-state index contributed by atoms with van der Waals surface area (Å²) in [6.45, 7) is 4.08. The Balaban J connectivity index is 1.61. The van der Waals surface area contributed by atoms with Gasteiger partial charge < -0.3 is 10.2 Å². The van der Waals surface area contributed by atoms with Crippen LogP contribution in [0, 0.1) is 5.92 Å². The van der Waals surface area contributed by atoms with Crippen LogP contribution in [0.4, 0.5) is 5.69 Å². The summed E-state index contributed by atoms with van der Waals surface area (Å²) in [6.07, 6.45) is 4.58. The normalized spacial score (nSPS) is 19.0. The van der Waals surface area contributed by atoms with Crippen LogP contribution in [-0.4, -0.2) is 50.7 Å². The van der Waals surface area contributed by atoms with Crippen molar-refractivity contribution in [2.45, 2.75) is 38.6 Å². The molecule has 2 aliphatic rings. The number of benzene rings is 1. The average Bonchev–Trinajstić information content (AvgIpc) is 3.44. The highest BCUT2D eigenvalue weighted by molar-refractivity contribution is 7.92. The van der Waals surface area contributed by atoms with Gasteiger partial charge in [0.1, 0.15) is 0 Å². The summed E-state index contributed by atoms with van der Waals surface area (Å²) in [7, 11) is -3.41. The van der Waals surface area contributed by atoms with E-state index in [4.69, 9.17) is 0 Å². The van der Waals surface area contributed by atoms with Crippen LogP contribution >= 0.6 is 0 Å². The zero-order valence-electron chi connectivity index (χ0n) is 14.7. The molecule has 6 nitrogen and oxygen atoms in total. The number of anilines is 1. The van der Waals surface area contributed by atoms with Gasteiger partial charge in [-0.15, -0.1) is 0 Å². The molecule has 3 rings (SSSR count). The van der Waals surface area contributed by atoms with E-state index < -0.39 is 10.0 Å². The number of likely N-dealkylation sites (tertiary alicyclic amines) is 1. The average molecular weight is 365 g/mol. The van der Waals surface area contributed by atoms with Gasteiger partial charge in [0.15, 0.2) is 0 Å². The van der Waals surface area contributed by atoms with Crippen LogP contribution in [0.25, 0.3) is 0 Å². The summed E-state index contributed by atoms with van der Waals surface area (Å²) < 4.78 is 26.2. The molecule has 138 valence electrons. The lowest BCUT2D eigenvalue weighted by Crippen LogP contribution is -2.45. The molecule has 0 radical (unpaired) electrons. The van der Waals surface area contributed by atoms with Crippen LogP contribution in [-0.2, 0) is 10.0 Å². The maximum atomic E-state index is 12.8. The van der Waals surface area contributed by atoms with Crippen molar-refractivity contribution in [1.29, 1.82) is 0 Å². The summed E-state index contributed by atoms with van der Waals surface area (Å²) in [4.78, 5) is 14.7. The van der Waals surface area contributed by atoms with E-state index in [0.717, 1.165) is 25.3 Å². The van der Waals surface area contributed by atoms with Crippen molar-refractivity contribution >= 4 is 21.6 Å². The van der Waals surface area contributed by atoms with E-state index in [9.17, 15) is 13.2 Å². The van der Waals surface area contributed by atoms with Crippen molar-refractivity contribution < 1.29 is 13.2 Å². The second-order valence-corrected chi connectivity index (χ2v) is 8.98. The predicted molar refractivity (Wildman–Crippen MR) is 99.2 cm³/mol. The van der Waals surface area contributed by atoms with Gasteiger partial charge in [0, 0.05) is 19.1 Å². The molecule has 0 bridgehead atoms. The number of carbonyl (C=O) groups excluding carboxylic acids is 1. The predicted octanol–water partition coefficient (Wildman–Crippen LogP) is 2.05. The lowest BCUT2D eigenvalue weighted by Gasteiger charge is -2.33. The molecule has 1 amide bonds. The third-order valence-electron chi connectivity index (χ3n) is 4.98. The van der Waals surface area contributed by atoms with E-state index in [2.05, 4.69) is 10.0 Å². The second kappa shape index (κ2) is 7.74. The first-order valence-corrected chi connectivity index (χ1v) is 10.8. The van der Waals surface area contributed by atoms with Crippen LogP contribution in [0.5, 0.6) is 0 Å². The molecule has 0 unspecified atom stereocenters. The molecule has 1 aliphatic carbocycles. The molecule has 7 heteroatoms. The Bertz CT molecular complexity index is 708. The van der Waals surface area contributed by atoms with Crippen molar-refractivity contribution in [2.24, 2.45) is 5.92 Å². The fourth-order valence-electron chi connectivity index (χ4n) is 3.11. The molecule has 2 fully saturated rings. The lowest BCUT2D eigenvalue weighted by atomic mass is 10.0. The van der Waals surface area contributed by atoms with Gasteiger partial charge in [-0.25, -0.2) is 8.42 Å². The number of rotatable bonds is 7. The van der Waals surface area contributed by atoms with Gasteiger partial charge in [-0.05, 0) is 57.2 Å². The largest absolute Gasteiger partial charge is 0.338 e. The zero-order valence-corrected chi connectivity index (χ0v) is 15.5. The Labute approximate surface area is 150 Å². The molecule has 1 saturated heterocycles. The van der Waals surface area contributed by atoms with Gasteiger partial charge in [0.25, 0.3) is 5.91 Å². The monoisotopic (exact) mass is 365 g/mol. The molecule has 1 aromatic rings. The summed E-state index contributed by atoms with van der Waals surface area (Å²) in [6, 6.07) is 7.31. The van der Waals surface area contributed by atoms with E-state index in [0.29, 0.717) is 30.4 Å². The van der Waals surface area contributed by atoms with Crippen LogP contribution < -0.4 is 10.0 Å². The first-order valence-electron chi connectivity index (χ1n) is 9.10. The number of carbonyl (C=O) groups is 1. The number of hydrogen-bond donors (Lipinski definition) is 2. The van der Waals surface area contributed by atoms with E-state index in [1.54, 1.807) is 31.2 Å². The van der Waals surface area contributed by atoms with Gasteiger partial charge in [0.2, 0.25) is 10.0 Å². The zero-order chi connectivity index (χ0) is 17.9. The molecule has 25 heavy (non-hydrogen) atoms. The minimum atomic E-state index is -3.41. The number of hydrogen-bond acceptors (Lipinski definition) is 4. The van der Waals surface area contributed by atoms with Crippen LogP contribution in [0.1, 0.15) is 43.0 Å². The lowest BCUT2D eigenvalue weighted by molar-refractivity contribution is 0.0706. The van der Waals surface area contributed by atoms with Crippen molar-refractivity contribution in [3.63, 3.8) is 0 Å². The maximum absolute atomic E-state index is 12.8. The summed E-state index contributed by atoms with van der Waals surface area (Å²) in [5, 5.41) is 3.60. The summed E-state index contributed by atoms with van der Waals surface area (Å²) >= 11 is 0. The molecule has 1 aliphatic heterocycles. The van der Waals surface area contributed by atoms with Gasteiger partial charge in [0.05, 0.1) is 17.0 Å². The Morgan fingerprint density at radius 1 is 1.16 bits per heavy atom. The standard InChI is InChI=1S/C18H27N3O3S/c1-2-25(23,24)20-17-6-4-3-5-16(17)18(22)21-11-9-15(10-12-21)19-13-14-7-8-14/h3-6,14-15,19-20H,2,7-13H2,1H3. The number of nitrogens with zero attached hydrogens (tertiary/aromatic N) is 1. The molecule has 0 aromatic heterocycles. The van der Waals surface area contributed by atoms with E-state index in [1.165, 1.54) is 12.8 Å². The highest BCUT2D eigenvalue weighted by Crippen LogP contribution is 2.28. The summed E-state index contributed by atoms with van der Waals surface area (Å²) in [5.74, 6) is 0.737. The van der Waals surface area contributed by atoms with Crippen molar-refractivity contribution in [2.75, 3.05) is 30.1 Å². The minimum Gasteiger partial charge on any atom is -0.338 e. The molecular formula is C18H27N3O3S. The SMILES string of the molecule is CCS(=O)(=O)Nc1ccccc1C(=O)N1CCC(NCC2CC2)CC1. The molecule has 0 spiro atoms. The van der Waals surface area contributed by atoms with Crippen molar-refractivity contribution in [3.8, 4) is 0 Å². The fourth-order valence-corrected chi connectivity index (χ4v) is 3.77. The number of piperidine rings is 1. The highest BCUT2D eigenvalue weighted by atomic mass is 32.2. The van der Waals surface area contributed by atoms with Gasteiger partial charge in [-0.1, -0.05) is 12.1 Å². The van der Waals surface area contributed by atoms with Gasteiger partial charge in [-0.2, -0.15) is 0 Å². The van der Waals surface area contributed by atoms with Crippen molar-refractivity contribution in [3.05, 3.63) is 29.8 Å². The van der Waals surface area contributed by atoms with E-state index in [-0.39, 0.29) is 11.7 Å². The van der Waals surface area contributed by atoms with Crippen LogP contribution in [0.2, 0.25) is 0 Å². The Morgan fingerprint density at radius 3 is 2.48 bits per heavy atom. The van der Waals surface area contributed by atoms with E-state index >= 15 is 0 Å². The summed E-state index contributed by atoms with van der Waals surface area (Å²) in [5.41, 5.74) is 0.784. The Kier molecular flexibility index (Phi) is 5.64. The topological polar surface area (TPSA) is 78.5 Å². The number of nitrogens with one attached hydrogen (secondary N) is 2. The number of sulfonamides is 1. The van der Waals surface area contributed by atoms with Crippen molar-refractivity contribution in [1.82, 2.24) is 10.2 Å². The molecular weight excluding hydrogens is 338 g/mol. The molecule has 1 heterocycles. The molecule has 1 saturated carbocycles. The Hall–Kier alpha value is -1.60. The number of amides is 1. The fraction of sp³-hybridized carbons (Fsp3) is 0.611. The van der Waals surface area contributed by atoms with Gasteiger partial charge >= 0.3 is 0 Å². The quantitative estimate of drug-likeness (QED) is 0.775. The smallest absolute Gasteiger partial charge is 0.255 e. The van der Waals surface area contributed by atoms with E-state index in [1.807, 2.05) is 4.90 Å². The number of para-hydroxylation sites is 1. The minimum absolute atomic E-state index is 0.0203. The second-order valence-electron chi connectivity index (χ2n) is 6.97. The maximum Gasteiger partial charge on any atom is 0.255 e. The Morgan fingerprint density at radius 2 is 1.84 bits per heavy atom. The first-order chi connectivity index (χ1) is 12.0. The molecule has 1 aromatic carbocycles.